The number of rotatable bonds is 0. The predicted octanol–water partition coefficient (Wildman–Crippen LogP) is 2.60. The molecule has 1 aliphatic carbocycles. The normalized spacial score (nSPS) is 34.6. The Morgan fingerprint density at radius 3 is 2.18 bits per heavy atom. The van der Waals surface area contributed by atoms with Crippen molar-refractivity contribution in [3.05, 3.63) is 0 Å². The molecule has 1 atom stereocenters. The Labute approximate surface area is 69.1 Å². The van der Waals surface area contributed by atoms with Crippen molar-refractivity contribution in [2.75, 3.05) is 6.61 Å². The molecule has 0 radical (unpaired) electrons. The Morgan fingerprint density at radius 2 is 1.91 bits per heavy atom. The third-order valence-electron chi connectivity index (χ3n) is 3.13. The highest BCUT2D eigenvalue weighted by molar-refractivity contribution is 5.01. The first-order chi connectivity index (χ1) is 5.02. The summed E-state index contributed by atoms with van der Waals surface area (Å²) in [5.74, 6) is 0. The molecule has 0 bridgehead atoms. The van der Waals surface area contributed by atoms with Crippen molar-refractivity contribution < 1.29 is 4.74 Å². The summed E-state index contributed by atoms with van der Waals surface area (Å²) in [6, 6.07) is 0. The lowest BCUT2D eigenvalue weighted by Crippen LogP contribution is -2.25. The Kier molecular flexibility index (Phi) is 1.39. The number of ether oxygens (including phenoxy) is 1. The minimum atomic E-state index is 0.353. The molecule has 64 valence electrons. The molecule has 1 aliphatic heterocycles. The highest BCUT2D eigenvalue weighted by Crippen LogP contribution is 2.56. The molecule has 1 saturated heterocycles. The van der Waals surface area contributed by atoms with Crippen LogP contribution in [0.5, 0.6) is 0 Å². The molecule has 0 aromatic heterocycles. The van der Waals surface area contributed by atoms with Crippen LogP contribution in [0.25, 0.3) is 0 Å². The van der Waals surface area contributed by atoms with Gasteiger partial charge in [-0.05, 0) is 30.1 Å². The van der Waals surface area contributed by atoms with Crippen LogP contribution in [0.2, 0.25) is 0 Å². The molecular formula is C10H18O. The van der Waals surface area contributed by atoms with E-state index < -0.39 is 0 Å². The first-order valence-corrected chi connectivity index (χ1v) is 4.64. The zero-order valence-electron chi connectivity index (χ0n) is 7.81. The van der Waals surface area contributed by atoms with Gasteiger partial charge in [-0.3, -0.25) is 0 Å². The zero-order chi connectivity index (χ0) is 8.11. The van der Waals surface area contributed by atoms with Crippen LogP contribution < -0.4 is 0 Å². The fraction of sp³-hybridized carbons (Fsp3) is 1.00. The minimum Gasteiger partial charge on any atom is -0.377 e. The summed E-state index contributed by atoms with van der Waals surface area (Å²) >= 11 is 0. The van der Waals surface area contributed by atoms with Crippen LogP contribution >= 0.6 is 0 Å². The van der Waals surface area contributed by atoms with Crippen molar-refractivity contribution in [1.29, 1.82) is 0 Å². The Balaban J connectivity index is 1.99. The van der Waals surface area contributed by atoms with Crippen molar-refractivity contribution in [2.45, 2.75) is 46.1 Å². The predicted molar refractivity (Wildman–Crippen MR) is 45.5 cm³/mol. The maximum absolute atomic E-state index is 5.80. The van der Waals surface area contributed by atoms with Gasteiger partial charge in [0.1, 0.15) is 0 Å². The van der Waals surface area contributed by atoms with E-state index in [0.717, 1.165) is 6.61 Å². The van der Waals surface area contributed by atoms with E-state index in [4.69, 9.17) is 4.74 Å². The van der Waals surface area contributed by atoms with Gasteiger partial charge in [0.2, 0.25) is 0 Å². The topological polar surface area (TPSA) is 9.23 Å². The molecule has 1 spiro atoms. The quantitative estimate of drug-likeness (QED) is 0.521. The van der Waals surface area contributed by atoms with Crippen molar-refractivity contribution >= 4 is 0 Å². The summed E-state index contributed by atoms with van der Waals surface area (Å²) in [5.41, 5.74) is 1.00. The van der Waals surface area contributed by atoms with Gasteiger partial charge in [-0.15, -0.1) is 0 Å². The van der Waals surface area contributed by atoms with Crippen molar-refractivity contribution in [3.63, 3.8) is 0 Å². The van der Waals surface area contributed by atoms with E-state index in [1.807, 2.05) is 0 Å². The molecule has 1 nitrogen and oxygen atoms in total. The molecule has 2 rings (SSSR count). The lowest BCUT2D eigenvalue weighted by molar-refractivity contribution is 0.0273. The number of hydrogen-bond acceptors (Lipinski definition) is 1. The van der Waals surface area contributed by atoms with Crippen LogP contribution in [-0.2, 0) is 4.74 Å². The third kappa shape index (κ3) is 1.31. The Morgan fingerprint density at radius 1 is 1.27 bits per heavy atom. The molecular weight excluding hydrogens is 136 g/mol. The molecule has 1 heteroatoms. The van der Waals surface area contributed by atoms with Crippen LogP contribution in [0.3, 0.4) is 0 Å². The average molecular weight is 154 g/mol. The Bertz CT molecular complexity index is 162. The maximum atomic E-state index is 5.80. The second-order valence-electron chi connectivity index (χ2n) is 5.37. The van der Waals surface area contributed by atoms with E-state index in [2.05, 4.69) is 20.8 Å². The summed E-state index contributed by atoms with van der Waals surface area (Å²) in [4.78, 5) is 0. The summed E-state index contributed by atoms with van der Waals surface area (Å²) in [7, 11) is 0. The molecule has 2 fully saturated rings. The second-order valence-corrected chi connectivity index (χ2v) is 5.37. The third-order valence-corrected chi connectivity index (χ3v) is 3.13. The van der Waals surface area contributed by atoms with Crippen molar-refractivity contribution in [3.8, 4) is 0 Å². The summed E-state index contributed by atoms with van der Waals surface area (Å²) in [6.45, 7) is 7.87. The summed E-state index contributed by atoms with van der Waals surface area (Å²) < 4.78 is 5.80. The van der Waals surface area contributed by atoms with Gasteiger partial charge in [-0.1, -0.05) is 20.8 Å². The second kappa shape index (κ2) is 2.01. The lowest BCUT2D eigenvalue weighted by Gasteiger charge is -2.25. The zero-order valence-corrected chi connectivity index (χ0v) is 7.81. The van der Waals surface area contributed by atoms with E-state index in [1.54, 1.807) is 0 Å². The van der Waals surface area contributed by atoms with Gasteiger partial charge in [-0.2, -0.15) is 0 Å². The molecule has 1 saturated carbocycles. The molecule has 0 amide bonds. The van der Waals surface area contributed by atoms with Gasteiger partial charge < -0.3 is 4.74 Å². The van der Waals surface area contributed by atoms with Crippen LogP contribution in [0, 0.1) is 10.8 Å². The van der Waals surface area contributed by atoms with E-state index >= 15 is 0 Å². The van der Waals surface area contributed by atoms with E-state index in [0.29, 0.717) is 16.9 Å². The van der Waals surface area contributed by atoms with Crippen LogP contribution in [0.4, 0.5) is 0 Å². The van der Waals surface area contributed by atoms with Crippen LogP contribution in [0.1, 0.15) is 40.0 Å². The van der Waals surface area contributed by atoms with E-state index in [1.165, 1.54) is 19.3 Å². The molecule has 1 unspecified atom stereocenters. The van der Waals surface area contributed by atoms with Gasteiger partial charge in [0.25, 0.3) is 0 Å². The molecule has 0 aromatic rings. The minimum absolute atomic E-state index is 0.353. The van der Waals surface area contributed by atoms with Gasteiger partial charge in [0, 0.05) is 0 Å². The molecule has 0 N–H and O–H groups in total. The van der Waals surface area contributed by atoms with Gasteiger partial charge in [-0.25, -0.2) is 0 Å². The van der Waals surface area contributed by atoms with Crippen molar-refractivity contribution in [2.24, 2.45) is 10.8 Å². The summed E-state index contributed by atoms with van der Waals surface area (Å²) in [5, 5.41) is 0. The molecule has 0 aromatic carbocycles. The molecule has 1 heterocycles. The fourth-order valence-corrected chi connectivity index (χ4v) is 1.87. The van der Waals surface area contributed by atoms with Crippen LogP contribution in [-0.4, -0.2) is 12.7 Å². The van der Waals surface area contributed by atoms with E-state index in [-0.39, 0.29) is 0 Å². The summed E-state index contributed by atoms with van der Waals surface area (Å²) in [6.07, 6.45) is 4.67. The standard InChI is InChI=1S/C10H18O/c1-9(2,3)8-6-10(4-5-10)7-11-8/h8H,4-7H2,1-3H3. The first kappa shape index (κ1) is 7.60. The molecule has 2 aliphatic rings. The van der Waals surface area contributed by atoms with Crippen LogP contribution in [0.15, 0.2) is 0 Å². The highest BCUT2D eigenvalue weighted by atomic mass is 16.5. The largest absolute Gasteiger partial charge is 0.377 e. The highest BCUT2D eigenvalue weighted by Gasteiger charge is 2.51. The first-order valence-electron chi connectivity index (χ1n) is 4.64. The van der Waals surface area contributed by atoms with Gasteiger partial charge >= 0.3 is 0 Å². The SMILES string of the molecule is CC(C)(C)C1CC2(CC2)CO1. The van der Waals surface area contributed by atoms with E-state index in [9.17, 15) is 0 Å². The monoisotopic (exact) mass is 154 g/mol. The Hall–Kier alpha value is -0.0400. The average Bonchev–Trinajstić information content (AvgIpc) is 2.38. The van der Waals surface area contributed by atoms with Gasteiger partial charge in [0.15, 0.2) is 0 Å². The smallest absolute Gasteiger partial charge is 0.0629 e. The number of hydrogen-bond donors (Lipinski definition) is 0. The fourth-order valence-electron chi connectivity index (χ4n) is 1.87. The van der Waals surface area contributed by atoms with Crippen molar-refractivity contribution in [1.82, 2.24) is 0 Å². The van der Waals surface area contributed by atoms with Gasteiger partial charge in [0.05, 0.1) is 12.7 Å². The maximum Gasteiger partial charge on any atom is 0.0629 e. The molecule has 11 heavy (non-hydrogen) atoms. The lowest BCUT2D eigenvalue weighted by atomic mass is 9.85.